The molecule has 1 unspecified atom stereocenters. The van der Waals surface area contributed by atoms with E-state index in [0.717, 1.165) is 16.7 Å². The van der Waals surface area contributed by atoms with E-state index in [4.69, 9.17) is 0 Å². The first-order valence-electron chi connectivity index (χ1n) is 7.86. The molecular weight excluding hydrogens is 303 g/mol. The molecule has 0 saturated carbocycles. The van der Waals surface area contributed by atoms with E-state index in [-0.39, 0.29) is 18.5 Å². The lowest BCUT2D eigenvalue weighted by molar-refractivity contribution is 0.243. The first-order chi connectivity index (χ1) is 11.8. The first-order valence-corrected chi connectivity index (χ1v) is 7.86. The molecule has 4 heteroatoms. The standard InChI is InChI=1S/C20H19FN2O/c21-19-12-17(15-8-10-22-11-9-15)6-7-18(19)13-23-20(14-24)16-4-2-1-3-5-16/h1-12,20,23-24H,13-14H2. The van der Waals surface area contributed by atoms with Crippen LogP contribution in [0.2, 0.25) is 0 Å². The van der Waals surface area contributed by atoms with E-state index < -0.39 is 0 Å². The van der Waals surface area contributed by atoms with Crippen molar-refractivity contribution >= 4 is 0 Å². The van der Waals surface area contributed by atoms with Gasteiger partial charge in [0.2, 0.25) is 0 Å². The van der Waals surface area contributed by atoms with E-state index in [9.17, 15) is 9.50 Å². The van der Waals surface area contributed by atoms with Crippen LogP contribution >= 0.6 is 0 Å². The first kappa shape index (κ1) is 16.3. The van der Waals surface area contributed by atoms with E-state index in [1.54, 1.807) is 18.5 Å². The third-order valence-electron chi connectivity index (χ3n) is 3.99. The van der Waals surface area contributed by atoms with Crippen LogP contribution in [0, 0.1) is 5.82 Å². The second kappa shape index (κ2) is 7.81. The van der Waals surface area contributed by atoms with Crippen LogP contribution < -0.4 is 5.32 Å². The highest BCUT2D eigenvalue weighted by atomic mass is 19.1. The van der Waals surface area contributed by atoms with Crippen molar-refractivity contribution in [3.63, 3.8) is 0 Å². The van der Waals surface area contributed by atoms with E-state index in [1.165, 1.54) is 6.07 Å². The largest absolute Gasteiger partial charge is 0.394 e. The average molecular weight is 322 g/mol. The van der Waals surface area contributed by atoms with Gasteiger partial charge in [-0.05, 0) is 34.9 Å². The molecule has 0 fully saturated rings. The fourth-order valence-electron chi connectivity index (χ4n) is 2.62. The number of hydrogen-bond acceptors (Lipinski definition) is 3. The third-order valence-corrected chi connectivity index (χ3v) is 3.99. The highest BCUT2D eigenvalue weighted by Gasteiger charge is 2.11. The molecule has 3 aromatic rings. The summed E-state index contributed by atoms with van der Waals surface area (Å²) in [5.74, 6) is -0.262. The number of aliphatic hydroxyl groups excluding tert-OH is 1. The van der Waals surface area contributed by atoms with Crippen LogP contribution in [0.4, 0.5) is 4.39 Å². The molecule has 24 heavy (non-hydrogen) atoms. The number of rotatable bonds is 6. The smallest absolute Gasteiger partial charge is 0.128 e. The van der Waals surface area contributed by atoms with Crippen LogP contribution in [-0.4, -0.2) is 16.7 Å². The van der Waals surface area contributed by atoms with Crippen LogP contribution in [0.3, 0.4) is 0 Å². The number of nitrogens with one attached hydrogen (secondary N) is 1. The molecule has 1 atom stereocenters. The summed E-state index contributed by atoms with van der Waals surface area (Å²) in [4.78, 5) is 3.97. The van der Waals surface area contributed by atoms with Crippen LogP contribution in [-0.2, 0) is 6.54 Å². The summed E-state index contributed by atoms with van der Waals surface area (Å²) in [5, 5.41) is 12.8. The molecule has 3 rings (SSSR count). The third kappa shape index (κ3) is 3.85. The summed E-state index contributed by atoms with van der Waals surface area (Å²) in [7, 11) is 0. The topological polar surface area (TPSA) is 45.1 Å². The van der Waals surface area contributed by atoms with Gasteiger partial charge in [0.05, 0.1) is 12.6 Å². The molecule has 0 aliphatic carbocycles. The van der Waals surface area contributed by atoms with E-state index in [0.29, 0.717) is 12.1 Å². The molecule has 0 saturated heterocycles. The number of hydrogen-bond donors (Lipinski definition) is 2. The summed E-state index contributed by atoms with van der Waals surface area (Å²) in [6.45, 7) is 0.309. The Morgan fingerprint density at radius 3 is 2.38 bits per heavy atom. The molecular formula is C20H19FN2O. The lowest BCUT2D eigenvalue weighted by atomic mass is 10.0. The Hall–Kier alpha value is -2.56. The van der Waals surface area contributed by atoms with Gasteiger partial charge in [0.15, 0.2) is 0 Å². The monoisotopic (exact) mass is 322 g/mol. The highest BCUT2D eigenvalue weighted by Crippen LogP contribution is 2.22. The second-order valence-electron chi connectivity index (χ2n) is 5.57. The summed E-state index contributed by atoms with van der Waals surface area (Å²) in [6.07, 6.45) is 3.38. The Morgan fingerprint density at radius 1 is 0.958 bits per heavy atom. The maximum Gasteiger partial charge on any atom is 0.128 e. The lowest BCUT2D eigenvalue weighted by Crippen LogP contribution is -2.24. The van der Waals surface area contributed by atoms with Crippen molar-refractivity contribution in [2.45, 2.75) is 12.6 Å². The molecule has 2 aromatic carbocycles. The quantitative estimate of drug-likeness (QED) is 0.727. The van der Waals surface area contributed by atoms with Crippen molar-refractivity contribution in [1.29, 1.82) is 0 Å². The van der Waals surface area contributed by atoms with Crippen LogP contribution in [0.15, 0.2) is 73.1 Å². The molecule has 0 aliphatic rings. The van der Waals surface area contributed by atoms with Crippen molar-refractivity contribution in [2.24, 2.45) is 0 Å². The molecule has 2 N–H and O–H groups in total. The van der Waals surface area contributed by atoms with Gasteiger partial charge in [0, 0.05) is 24.5 Å². The van der Waals surface area contributed by atoms with Gasteiger partial charge in [-0.3, -0.25) is 4.98 Å². The number of benzene rings is 2. The van der Waals surface area contributed by atoms with Crippen molar-refractivity contribution in [3.05, 3.63) is 90.0 Å². The second-order valence-corrected chi connectivity index (χ2v) is 5.57. The maximum absolute atomic E-state index is 14.4. The molecule has 1 aromatic heterocycles. The van der Waals surface area contributed by atoms with Crippen molar-refractivity contribution in [1.82, 2.24) is 10.3 Å². The van der Waals surface area contributed by atoms with Crippen LogP contribution in [0.1, 0.15) is 17.2 Å². The highest BCUT2D eigenvalue weighted by molar-refractivity contribution is 5.63. The Labute approximate surface area is 140 Å². The molecule has 0 bridgehead atoms. The number of aliphatic hydroxyl groups is 1. The zero-order valence-electron chi connectivity index (χ0n) is 13.2. The van der Waals surface area contributed by atoms with E-state index >= 15 is 0 Å². The van der Waals surface area contributed by atoms with E-state index in [1.807, 2.05) is 48.5 Å². The molecule has 0 spiro atoms. The van der Waals surface area contributed by atoms with Crippen LogP contribution in [0.5, 0.6) is 0 Å². The normalized spacial score (nSPS) is 12.1. The van der Waals surface area contributed by atoms with Gasteiger partial charge in [0.1, 0.15) is 5.82 Å². The Balaban J connectivity index is 1.71. The van der Waals surface area contributed by atoms with Crippen molar-refractivity contribution in [3.8, 4) is 11.1 Å². The Bertz CT molecular complexity index is 778. The summed E-state index contributed by atoms with van der Waals surface area (Å²) >= 11 is 0. The molecule has 3 nitrogen and oxygen atoms in total. The lowest BCUT2D eigenvalue weighted by Gasteiger charge is -2.17. The molecule has 0 aliphatic heterocycles. The minimum absolute atomic E-state index is 0.0409. The predicted octanol–water partition coefficient (Wildman–Crippen LogP) is 3.71. The zero-order valence-corrected chi connectivity index (χ0v) is 13.2. The molecule has 0 amide bonds. The van der Waals surface area contributed by atoms with Crippen molar-refractivity contribution < 1.29 is 9.50 Å². The number of nitrogens with zero attached hydrogens (tertiary/aromatic N) is 1. The Morgan fingerprint density at radius 2 is 1.71 bits per heavy atom. The fraction of sp³-hybridized carbons (Fsp3) is 0.150. The predicted molar refractivity (Wildman–Crippen MR) is 92.7 cm³/mol. The maximum atomic E-state index is 14.4. The minimum atomic E-state index is -0.262. The summed E-state index contributed by atoms with van der Waals surface area (Å²) in [6, 6.07) is 18.3. The van der Waals surface area contributed by atoms with Gasteiger partial charge in [-0.2, -0.15) is 0 Å². The van der Waals surface area contributed by atoms with Gasteiger partial charge in [-0.25, -0.2) is 4.39 Å². The Kier molecular flexibility index (Phi) is 5.31. The summed E-state index contributed by atoms with van der Waals surface area (Å²) < 4.78 is 14.4. The van der Waals surface area contributed by atoms with Gasteiger partial charge in [-0.1, -0.05) is 42.5 Å². The van der Waals surface area contributed by atoms with E-state index in [2.05, 4.69) is 10.3 Å². The average Bonchev–Trinajstić information content (AvgIpc) is 2.65. The van der Waals surface area contributed by atoms with Gasteiger partial charge >= 0.3 is 0 Å². The minimum Gasteiger partial charge on any atom is -0.394 e. The molecule has 0 radical (unpaired) electrons. The number of halogens is 1. The SMILES string of the molecule is OCC(NCc1ccc(-c2ccncc2)cc1F)c1ccccc1. The van der Waals surface area contributed by atoms with Gasteiger partial charge in [0.25, 0.3) is 0 Å². The van der Waals surface area contributed by atoms with Gasteiger partial charge < -0.3 is 10.4 Å². The number of pyridine rings is 1. The van der Waals surface area contributed by atoms with Crippen molar-refractivity contribution in [2.75, 3.05) is 6.61 Å². The molecule has 1 heterocycles. The van der Waals surface area contributed by atoms with Gasteiger partial charge in [-0.15, -0.1) is 0 Å². The van der Waals surface area contributed by atoms with Crippen LogP contribution in [0.25, 0.3) is 11.1 Å². The fourth-order valence-corrected chi connectivity index (χ4v) is 2.62. The molecule has 122 valence electrons. The zero-order chi connectivity index (χ0) is 16.8. The summed E-state index contributed by atoms with van der Waals surface area (Å²) in [5.41, 5.74) is 3.30. The number of aromatic nitrogens is 1.